The third kappa shape index (κ3) is 1.91. The van der Waals surface area contributed by atoms with Crippen LogP contribution in [0.4, 0.5) is 5.69 Å². The van der Waals surface area contributed by atoms with E-state index < -0.39 is 10.0 Å². The predicted molar refractivity (Wildman–Crippen MR) is 60.9 cm³/mol. The monoisotopic (exact) mass is 242 g/mol. The smallest absolute Gasteiger partial charge is 0.242 e. The molecule has 0 radical (unpaired) electrons. The molecule has 1 fully saturated rings. The lowest BCUT2D eigenvalue weighted by Gasteiger charge is -2.38. The Balaban J connectivity index is 2.39. The zero-order valence-electron chi connectivity index (χ0n) is 8.92. The molecule has 1 aromatic carbocycles. The van der Waals surface area contributed by atoms with Gasteiger partial charge in [0.1, 0.15) is 4.90 Å². The number of benzene rings is 1. The number of aliphatic hydroxyl groups is 1. The molecule has 0 atom stereocenters. The first-order valence-electron chi connectivity index (χ1n) is 5.00. The van der Waals surface area contributed by atoms with Crippen molar-refractivity contribution in [2.75, 3.05) is 25.0 Å². The van der Waals surface area contributed by atoms with Crippen LogP contribution in [0, 0.1) is 0 Å². The van der Waals surface area contributed by atoms with Crippen molar-refractivity contribution in [3.05, 3.63) is 24.3 Å². The number of hydrogen-bond donors (Lipinski definition) is 2. The van der Waals surface area contributed by atoms with Crippen molar-refractivity contribution in [1.82, 2.24) is 4.72 Å². The molecule has 1 aliphatic rings. The zero-order chi connectivity index (χ0) is 11.8. The maximum atomic E-state index is 11.7. The first-order chi connectivity index (χ1) is 7.54. The molecule has 0 aromatic heterocycles. The van der Waals surface area contributed by atoms with Gasteiger partial charge in [-0.1, -0.05) is 12.1 Å². The molecule has 1 saturated heterocycles. The molecule has 1 aliphatic heterocycles. The zero-order valence-corrected chi connectivity index (χ0v) is 9.74. The average Bonchev–Trinajstić information content (AvgIpc) is 2.25. The Hall–Kier alpha value is -1.11. The molecular weight excluding hydrogens is 228 g/mol. The highest BCUT2D eigenvalue weighted by Gasteiger charge is 2.28. The van der Waals surface area contributed by atoms with E-state index >= 15 is 0 Å². The van der Waals surface area contributed by atoms with Crippen LogP contribution >= 0.6 is 0 Å². The highest BCUT2D eigenvalue weighted by atomic mass is 32.2. The Morgan fingerprint density at radius 2 is 2.00 bits per heavy atom. The Labute approximate surface area is 94.8 Å². The second-order valence-electron chi connectivity index (χ2n) is 3.73. The fourth-order valence-electron chi connectivity index (χ4n) is 1.71. The van der Waals surface area contributed by atoms with Crippen LogP contribution in [0.2, 0.25) is 0 Å². The van der Waals surface area contributed by atoms with E-state index in [4.69, 9.17) is 0 Å². The van der Waals surface area contributed by atoms with Gasteiger partial charge in [-0.05, 0) is 19.2 Å². The number of anilines is 1. The molecule has 2 rings (SSSR count). The molecule has 0 unspecified atom stereocenters. The van der Waals surface area contributed by atoms with Crippen molar-refractivity contribution in [3.63, 3.8) is 0 Å². The fraction of sp³-hybridized carbons (Fsp3) is 0.400. The first kappa shape index (κ1) is 11.4. The van der Waals surface area contributed by atoms with Gasteiger partial charge < -0.3 is 10.0 Å². The summed E-state index contributed by atoms with van der Waals surface area (Å²) < 4.78 is 25.8. The molecule has 88 valence electrons. The van der Waals surface area contributed by atoms with Crippen LogP contribution in [0.1, 0.15) is 0 Å². The van der Waals surface area contributed by atoms with Crippen LogP contribution in [-0.2, 0) is 10.0 Å². The van der Waals surface area contributed by atoms with Gasteiger partial charge in [0.15, 0.2) is 0 Å². The third-order valence-electron chi connectivity index (χ3n) is 2.63. The normalized spacial score (nSPS) is 17.2. The van der Waals surface area contributed by atoms with Gasteiger partial charge in [0, 0.05) is 13.1 Å². The minimum absolute atomic E-state index is 0.254. The molecule has 0 bridgehead atoms. The summed E-state index contributed by atoms with van der Waals surface area (Å²) in [5, 5.41) is 9.22. The number of β-amino-alcohol motifs (C(OH)–C–C–N with tert-alkyl or cyclic N) is 1. The second kappa shape index (κ2) is 4.04. The quantitative estimate of drug-likeness (QED) is 0.768. The molecule has 6 heteroatoms. The van der Waals surface area contributed by atoms with E-state index in [-0.39, 0.29) is 11.0 Å². The van der Waals surface area contributed by atoms with Gasteiger partial charge in [0.2, 0.25) is 10.0 Å². The SMILES string of the molecule is CNS(=O)(=O)c1ccccc1N1CC(O)C1. The standard InChI is InChI=1S/C10H14N2O3S/c1-11-16(14,15)10-5-3-2-4-9(10)12-6-8(13)7-12/h2-5,8,11,13H,6-7H2,1H3. The molecule has 2 N–H and O–H groups in total. The first-order valence-corrected chi connectivity index (χ1v) is 6.48. The second-order valence-corrected chi connectivity index (χ2v) is 5.59. The van der Waals surface area contributed by atoms with Crippen LogP contribution in [-0.4, -0.2) is 39.8 Å². The number of hydrogen-bond acceptors (Lipinski definition) is 4. The minimum Gasteiger partial charge on any atom is -0.389 e. The highest BCUT2D eigenvalue weighted by molar-refractivity contribution is 7.89. The summed E-state index contributed by atoms with van der Waals surface area (Å²) in [5.41, 5.74) is 0.641. The van der Waals surface area contributed by atoms with Gasteiger partial charge in [-0.3, -0.25) is 0 Å². The number of aliphatic hydroxyl groups excluding tert-OH is 1. The molecule has 0 aliphatic carbocycles. The van der Waals surface area contributed by atoms with Gasteiger partial charge in [-0.2, -0.15) is 0 Å². The maximum Gasteiger partial charge on any atom is 0.242 e. The Kier molecular flexibility index (Phi) is 2.88. The van der Waals surface area contributed by atoms with E-state index in [1.54, 1.807) is 24.3 Å². The number of rotatable bonds is 3. The molecule has 1 heterocycles. The maximum absolute atomic E-state index is 11.7. The highest BCUT2D eigenvalue weighted by Crippen LogP contribution is 2.28. The molecular formula is C10H14N2O3S. The number of nitrogens with zero attached hydrogens (tertiary/aromatic N) is 1. The van der Waals surface area contributed by atoms with E-state index in [1.807, 2.05) is 4.90 Å². The van der Waals surface area contributed by atoms with E-state index in [1.165, 1.54) is 7.05 Å². The Morgan fingerprint density at radius 3 is 2.56 bits per heavy atom. The van der Waals surface area contributed by atoms with Crippen molar-refractivity contribution in [1.29, 1.82) is 0 Å². The van der Waals surface area contributed by atoms with Gasteiger partial charge >= 0.3 is 0 Å². The summed E-state index contributed by atoms with van der Waals surface area (Å²) in [5.74, 6) is 0. The van der Waals surface area contributed by atoms with Crippen LogP contribution in [0.3, 0.4) is 0 Å². The summed E-state index contributed by atoms with van der Waals surface area (Å²) in [6.07, 6.45) is -0.356. The van der Waals surface area contributed by atoms with E-state index in [0.717, 1.165) is 0 Å². The Bertz CT molecular complexity index is 481. The predicted octanol–water partition coefficient (Wildman–Crippen LogP) is -0.224. The van der Waals surface area contributed by atoms with E-state index in [9.17, 15) is 13.5 Å². The summed E-state index contributed by atoms with van der Waals surface area (Å²) in [4.78, 5) is 2.10. The van der Waals surface area contributed by atoms with Crippen molar-refractivity contribution >= 4 is 15.7 Å². The summed E-state index contributed by atoms with van der Waals surface area (Å²) in [7, 11) is -2.05. The van der Waals surface area contributed by atoms with Crippen LogP contribution in [0.25, 0.3) is 0 Å². The number of nitrogens with one attached hydrogen (secondary N) is 1. The molecule has 5 nitrogen and oxygen atoms in total. The Morgan fingerprint density at radius 1 is 1.38 bits per heavy atom. The minimum atomic E-state index is -3.44. The summed E-state index contributed by atoms with van der Waals surface area (Å²) in [6, 6.07) is 6.78. The summed E-state index contributed by atoms with van der Waals surface area (Å²) >= 11 is 0. The summed E-state index contributed by atoms with van der Waals surface area (Å²) in [6.45, 7) is 0.965. The van der Waals surface area contributed by atoms with Crippen molar-refractivity contribution in [2.45, 2.75) is 11.0 Å². The largest absolute Gasteiger partial charge is 0.389 e. The molecule has 1 aromatic rings. The lowest BCUT2D eigenvalue weighted by molar-refractivity contribution is 0.141. The fourth-order valence-corrected chi connectivity index (χ4v) is 2.66. The third-order valence-corrected chi connectivity index (χ3v) is 4.09. The average molecular weight is 242 g/mol. The van der Waals surface area contributed by atoms with Crippen molar-refractivity contribution in [2.24, 2.45) is 0 Å². The van der Waals surface area contributed by atoms with Gasteiger partial charge in [0.05, 0.1) is 11.8 Å². The molecule has 0 spiro atoms. The lowest BCUT2D eigenvalue weighted by atomic mass is 10.1. The van der Waals surface area contributed by atoms with Crippen molar-refractivity contribution in [3.8, 4) is 0 Å². The van der Waals surface area contributed by atoms with Crippen LogP contribution in [0.15, 0.2) is 29.2 Å². The lowest BCUT2D eigenvalue weighted by Crippen LogP contribution is -2.51. The van der Waals surface area contributed by atoms with Crippen LogP contribution < -0.4 is 9.62 Å². The molecule has 0 amide bonds. The molecule has 16 heavy (non-hydrogen) atoms. The van der Waals surface area contributed by atoms with Gasteiger partial charge in [0.25, 0.3) is 0 Å². The number of sulfonamides is 1. The van der Waals surface area contributed by atoms with E-state index in [2.05, 4.69) is 4.72 Å². The topological polar surface area (TPSA) is 69.6 Å². The van der Waals surface area contributed by atoms with Gasteiger partial charge in [-0.25, -0.2) is 13.1 Å². The van der Waals surface area contributed by atoms with E-state index in [0.29, 0.717) is 18.8 Å². The van der Waals surface area contributed by atoms with Crippen molar-refractivity contribution < 1.29 is 13.5 Å². The van der Waals surface area contributed by atoms with Crippen LogP contribution in [0.5, 0.6) is 0 Å². The number of para-hydroxylation sites is 1. The molecule has 0 saturated carbocycles. The van der Waals surface area contributed by atoms with Gasteiger partial charge in [-0.15, -0.1) is 0 Å².